The lowest BCUT2D eigenvalue weighted by atomic mass is 9.97. The smallest absolute Gasteiger partial charge is 0.256 e. The molecule has 29 heavy (non-hydrogen) atoms. The van der Waals surface area contributed by atoms with Crippen LogP contribution in [0.1, 0.15) is 42.2 Å². The van der Waals surface area contributed by atoms with Gasteiger partial charge in [0.25, 0.3) is 5.91 Å². The molecule has 0 radical (unpaired) electrons. The van der Waals surface area contributed by atoms with Crippen LogP contribution >= 0.6 is 11.3 Å². The third-order valence-corrected chi connectivity index (χ3v) is 6.20. The number of hydrogen-bond donors (Lipinski definition) is 3. The standard InChI is InChI=1S/C19H22N6O3S/c1-11-10-29-18(21-11)22-16(27)12(2)25-9-7-19(6-5-14(25)26)23-15-13(17(28)24-19)4-3-8-20-15/h3-4,8,10,12H,5-7,9H2,1-2H3,(H,20,23)(H,24,28)(H,21,22,27)/t12-,19-/m0/s1. The van der Waals surface area contributed by atoms with Crippen molar-refractivity contribution in [2.45, 2.75) is 44.8 Å². The summed E-state index contributed by atoms with van der Waals surface area (Å²) in [6.45, 7) is 3.89. The molecule has 2 aliphatic heterocycles. The van der Waals surface area contributed by atoms with Crippen molar-refractivity contribution in [1.82, 2.24) is 20.2 Å². The first-order valence-corrected chi connectivity index (χ1v) is 10.3. The van der Waals surface area contributed by atoms with Crippen LogP contribution in [-0.4, -0.2) is 50.8 Å². The van der Waals surface area contributed by atoms with E-state index in [4.69, 9.17) is 0 Å². The summed E-state index contributed by atoms with van der Waals surface area (Å²) in [7, 11) is 0. The van der Waals surface area contributed by atoms with Gasteiger partial charge in [-0.3, -0.25) is 14.4 Å². The summed E-state index contributed by atoms with van der Waals surface area (Å²) in [5.74, 6) is -0.0984. The molecule has 1 spiro atoms. The molecule has 152 valence electrons. The number of nitrogens with one attached hydrogen (secondary N) is 3. The van der Waals surface area contributed by atoms with Crippen LogP contribution in [0.2, 0.25) is 0 Å². The van der Waals surface area contributed by atoms with Crippen LogP contribution in [0.25, 0.3) is 0 Å². The number of aromatic nitrogens is 2. The van der Waals surface area contributed by atoms with Gasteiger partial charge in [0.15, 0.2) is 5.13 Å². The van der Waals surface area contributed by atoms with E-state index in [1.807, 2.05) is 12.3 Å². The predicted octanol–water partition coefficient (Wildman–Crippen LogP) is 1.74. The molecule has 2 aromatic heterocycles. The second kappa shape index (κ2) is 7.43. The largest absolute Gasteiger partial charge is 0.347 e. The summed E-state index contributed by atoms with van der Waals surface area (Å²) in [6.07, 6.45) is 2.72. The van der Waals surface area contributed by atoms with Crippen LogP contribution in [0.5, 0.6) is 0 Å². The van der Waals surface area contributed by atoms with E-state index in [2.05, 4.69) is 25.9 Å². The monoisotopic (exact) mass is 414 g/mol. The molecular formula is C19H22N6O3S. The number of aryl methyl sites for hydroxylation is 1. The van der Waals surface area contributed by atoms with E-state index in [9.17, 15) is 14.4 Å². The van der Waals surface area contributed by atoms with Gasteiger partial charge in [-0.2, -0.15) is 0 Å². The fourth-order valence-corrected chi connectivity index (χ4v) is 4.37. The average molecular weight is 414 g/mol. The zero-order chi connectivity index (χ0) is 20.6. The van der Waals surface area contributed by atoms with Crippen molar-refractivity contribution < 1.29 is 14.4 Å². The fourth-order valence-electron chi connectivity index (χ4n) is 3.68. The van der Waals surface area contributed by atoms with Gasteiger partial charge in [0, 0.05) is 31.0 Å². The highest BCUT2D eigenvalue weighted by atomic mass is 32.1. The third kappa shape index (κ3) is 3.80. The molecule has 0 saturated carbocycles. The second-order valence-corrected chi connectivity index (χ2v) is 8.22. The lowest BCUT2D eigenvalue weighted by Crippen LogP contribution is -2.58. The number of rotatable bonds is 3. The summed E-state index contributed by atoms with van der Waals surface area (Å²) < 4.78 is 0. The Bertz CT molecular complexity index is 976. The molecule has 10 heteroatoms. The van der Waals surface area contributed by atoms with Crippen LogP contribution in [0.4, 0.5) is 10.9 Å². The van der Waals surface area contributed by atoms with E-state index in [1.54, 1.807) is 30.2 Å². The van der Waals surface area contributed by atoms with Crippen molar-refractivity contribution in [1.29, 1.82) is 0 Å². The van der Waals surface area contributed by atoms with Gasteiger partial charge in [-0.1, -0.05) is 0 Å². The average Bonchev–Trinajstić information content (AvgIpc) is 3.04. The minimum absolute atomic E-state index is 0.122. The summed E-state index contributed by atoms with van der Waals surface area (Å²) in [6, 6.07) is 2.77. The number of fused-ring (bicyclic) bond motifs is 1. The number of likely N-dealkylation sites (tertiary alicyclic amines) is 1. The van der Waals surface area contributed by atoms with Gasteiger partial charge in [-0.15, -0.1) is 11.3 Å². The van der Waals surface area contributed by atoms with Gasteiger partial charge >= 0.3 is 0 Å². The number of thiazole rings is 1. The molecule has 2 aliphatic rings. The van der Waals surface area contributed by atoms with E-state index in [-0.39, 0.29) is 24.1 Å². The number of hydrogen-bond acceptors (Lipinski definition) is 7. The summed E-state index contributed by atoms with van der Waals surface area (Å²) in [5.41, 5.74) is 0.557. The van der Waals surface area contributed by atoms with Crippen LogP contribution in [0, 0.1) is 6.92 Å². The Balaban J connectivity index is 1.48. The Morgan fingerprint density at radius 2 is 2.17 bits per heavy atom. The maximum absolute atomic E-state index is 12.7. The Hall–Kier alpha value is -3.01. The van der Waals surface area contributed by atoms with Gasteiger partial charge in [0.2, 0.25) is 11.8 Å². The molecule has 0 aliphatic carbocycles. The summed E-state index contributed by atoms with van der Waals surface area (Å²) >= 11 is 1.35. The van der Waals surface area contributed by atoms with Crippen LogP contribution in [0.3, 0.4) is 0 Å². The maximum atomic E-state index is 12.7. The molecule has 9 nitrogen and oxygen atoms in total. The number of amides is 3. The Kier molecular flexibility index (Phi) is 4.95. The number of pyridine rings is 1. The van der Waals surface area contributed by atoms with Crippen molar-refractivity contribution in [3.8, 4) is 0 Å². The second-order valence-electron chi connectivity index (χ2n) is 7.36. The van der Waals surface area contributed by atoms with E-state index in [0.29, 0.717) is 35.9 Å². The zero-order valence-electron chi connectivity index (χ0n) is 16.2. The minimum atomic E-state index is -0.758. The molecular weight excluding hydrogens is 392 g/mol. The molecule has 2 atom stereocenters. The van der Waals surface area contributed by atoms with Crippen molar-refractivity contribution in [2.75, 3.05) is 17.2 Å². The predicted molar refractivity (Wildman–Crippen MR) is 109 cm³/mol. The zero-order valence-corrected chi connectivity index (χ0v) is 17.0. The van der Waals surface area contributed by atoms with Gasteiger partial charge < -0.3 is 20.9 Å². The number of anilines is 2. The van der Waals surface area contributed by atoms with Gasteiger partial charge in [0.05, 0.1) is 11.3 Å². The van der Waals surface area contributed by atoms with Gasteiger partial charge in [0.1, 0.15) is 17.5 Å². The SMILES string of the molecule is Cc1csc(NC(=O)[C@H](C)N2CC[C@]3(CCC2=O)NC(=O)c2cccnc2N3)n1. The molecule has 3 amide bonds. The quantitative estimate of drug-likeness (QED) is 0.704. The highest BCUT2D eigenvalue weighted by Crippen LogP contribution is 2.31. The van der Waals surface area contributed by atoms with E-state index >= 15 is 0 Å². The molecule has 4 heterocycles. The molecule has 1 fully saturated rings. The molecule has 4 rings (SSSR count). The Labute approximate surface area is 171 Å². The topological polar surface area (TPSA) is 116 Å². The van der Waals surface area contributed by atoms with Crippen LogP contribution in [0.15, 0.2) is 23.7 Å². The Morgan fingerprint density at radius 3 is 2.93 bits per heavy atom. The van der Waals surface area contributed by atoms with E-state index < -0.39 is 11.7 Å². The van der Waals surface area contributed by atoms with Crippen LogP contribution in [-0.2, 0) is 9.59 Å². The lowest BCUT2D eigenvalue weighted by molar-refractivity contribution is -0.137. The highest BCUT2D eigenvalue weighted by Gasteiger charge is 2.42. The first kappa shape index (κ1) is 19.3. The molecule has 1 saturated heterocycles. The highest BCUT2D eigenvalue weighted by molar-refractivity contribution is 7.13. The number of nitrogens with zero attached hydrogens (tertiary/aromatic N) is 3. The molecule has 0 aromatic carbocycles. The molecule has 3 N–H and O–H groups in total. The number of carbonyl (C=O) groups excluding carboxylic acids is 3. The number of carbonyl (C=O) groups is 3. The van der Waals surface area contributed by atoms with Crippen molar-refractivity contribution in [3.63, 3.8) is 0 Å². The first-order chi connectivity index (χ1) is 13.9. The third-order valence-electron chi connectivity index (χ3n) is 5.32. The van der Waals surface area contributed by atoms with E-state index in [0.717, 1.165) is 5.69 Å². The van der Waals surface area contributed by atoms with Crippen molar-refractivity contribution in [2.24, 2.45) is 0 Å². The Morgan fingerprint density at radius 1 is 1.34 bits per heavy atom. The van der Waals surface area contributed by atoms with Crippen molar-refractivity contribution in [3.05, 3.63) is 35.0 Å². The maximum Gasteiger partial charge on any atom is 0.256 e. The first-order valence-electron chi connectivity index (χ1n) is 9.45. The molecule has 2 aromatic rings. The summed E-state index contributed by atoms with van der Waals surface area (Å²) in [4.78, 5) is 48.0. The van der Waals surface area contributed by atoms with Crippen molar-refractivity contribution >= 4 is 40.0 Å². The van der Waals surface area contributed by atoms with Gasteiger partial charge in [-0.05, 0) is 32.4 Å². The van der Waals surface area contributed by atoms with Crippen LogP contribution < -0.4 is 16.0 Å². The molecule has 0 unspecified atom stereocenters. The fraction of sp³-hybridized carbons (Fsp3) is 0.421. The lowest BCUT2D eigenvalue weighted by Gasteiger charge is -2.39. The summed E-state index contributed by atoms with van der Waals surface area (Å²) in [5, 5.41) is 11.4. The normalized spacial score (nSPS) is 22.3. The van der Waals surface area contributed by atoms with E-state index in [1.165, 1.54) is 11.3 Å². The molecule has 0 bridgehead atoms. The van der Waals surface area contributed by atoms with Gasteiger partial charge in [-0.25, -0.2) is 9.97 Å². The minimum Gasteiger partial charge on any atom is -0.347 e.